The Hall–Kier alpha value is -1.88. The third-order valence-electron chi connectivity index (χ3n) is 6.84. The number of carbonyl (C=O) groups is 2. The molecule has 1 heterocycles. The van der Waals surface area contributed by atoms with E-state index in [9.17, 15) is 9.59 Å². The minimum absolute atomic E-state index is 0.230. The molecule has 0 saturated carbocycles. The molecule has 0 bridgehead atoms. The van der Waals surface area contributed by atoms with Gasteiger partial charge in [0.1, 0.15) is 0 Å². The van der Waals surface area contributed by atoms with E-state index in [0.717, 1.165) is 13.0 Å². The molecule has 2 rings (SSSR count). The SMILES string of the molecule is CCCCCCCCCCCCOCCOCCOCCOCCOCCOCCN1C(=O)c2ccccc2C1=O. The van der Waals surface area contributed by atoms with Crippen molar-refractivity contribution in [3.05, 3.63) is 35.4 Å². The van der Waals surface area contributed by atoms with Crippen LogP contribution in [0.5, 0.6) is 0 Å². The van der Waals surface area contributed by atoms with Crippen LogP contribution in [-0.4, -0.2) is 103 Å². The van der Waals surface area contributed by atoms with Crippen molar-refractivity contribution in [1.82, 2.24) is 4.90 Å². The van der Waals surface area contributed by atoms with E-state index in [-0.39, 0.29) is 25.0 Å². The lowest BCUT2D eigenvalue weighted by atomic mass is 10.1. The van der Waals surface area contributed by atoms with Gasteiger partial charge in [-0.1, -0.05) is 76.8 Å². The predicted octanol–water partition coefficient (Wildman–Crippen LogP) is 5.30. The van der Waals surface area contributed by atoms with Crippen molar-refractivity contribution in [3.63, 3.8) is 0 Å². The van der Waals surface area contributed by atoms with Gasteiger partial charge in [0.2, 0.25) is 0 Å². The largest absolute Gasteiger partial charge is 0.379 e. The third kappa shape index (κ3) is 16.4. The highest BCUT2D eigenvalue weighted by atomic mass is 16.6. The molecule has 1 aromatic carbocycles. The molecule has 2 amide bonds. The Morgan fingerprint density at radius 3 is 1.22 bits per heavy atom. The second kappa shape index (κ2) is 24.7. The molecule has 1 aliphatic heterocycles. The van der Waals surface area contributed by atoms with Gasteiger partial charge in [0.05, 0.1) is 90.3 Å². The summed E-state index contributed by atoms with van der Waals surface area (Å²) in [5.74, 6) is -0.530. The highest BCUT2D eigenvalue weighted by Crippen LogP contribution is 2.21. The van der Waals surface area contributed by atoms with Gasteiger partial charge in [-0.3, -0.25) is 14.5 Å². The lowest BCUT2D eigenvalue weighted by Crippen LogP contribution is -2.33. The fourth-order valence-electron chi connectivity index (χ4n) is 4.49. The maximum absolute atomic E-state index is 12.3. The number of hydrogen-bond acceptors (Lipinski definition) is 8. The Balaban J connectivity index is 1.21. The van der Waals surface area contributed by atoms with Crippen LogP contribution in [0.25, 0.3) is 0 Å². The predicted molar refractivity (Wildman–Crippen MR) is 159 cm³/mol. The third-order valence-corrected chi connectivity index (χ3v) is 6.84. The molecule has 9 heteroatoms. The topological polar surface area (TPSA) is 92.8 Å². The summed E-state index contributed by atoms with van der Waals surface area (Å²) in [6.07, 6.45) is 13.4. The minimum atomic E-state index is -0.265. The van der Waals surface area contributed by atoms with Gasteiger partial charge >= 0.3 is 0 Å². The van der Waals surface area contributed by atoms with Gasteiger partial charge in [-0.05, 0) is 18.6 Å². The van der Waals surface area contributed by atoms with Crippen LogP contribution >= 0.6 is 0 Å². The van der Waals surface area contributed by atoms with Crippen molar-refractivity contribution in [1.29, 1.82) is 0 Å². The van der Waals surface area contributed by atoms with Crippen LogP contribution in [0.4, 0.5) is 0 Å². The fraction of sp³-hybridized carbons (Fsp3) is 0.750. The van der Waals surface area contributed by atoms with Crippen molar-refractivity contribution in [3.8, 4) is 0 Å². The summed E-state index contributed by atoms with van der Waals surface area (Å²) in [5.41, 5.74) is 0.907. The first-order valence-corrected chi connectivity index (χ1v) is 15.7. The molecule has 41 heavy (non-hydrogen) atoms. The number of rotatable bonds is 29. The van der Waals surface area contributed by atoms with Crippen molar-refractivity contribution in [2.45, 2.75) is 71.1 Å². The molecule has 1 aliphatic rings. The van der Waals surface area contributed by atoms with Crippen molar-refractivity contribution < 1.29 is 38.0 Å². The highest BCUT2D eigenvalue weighted by Gasteiger charge is 2.34. The van der Waals surface area contributed by atoms with Crippen LogP contribution in [0.15, 0.2) is 24.3 Å². The summed E-state index contributed by atoms with van der Waals surface area (Å²) >= 11 is 0. The summed E-state index contributed by atoms with van der Waals surface area (Å²) in [7, 11) is 0. The van der Waals surface area contributed by atoms with E-state index in [4.69, 9.17) is 28.4 Å². The Bertz CT molecular complexity index is 771. The quantitative estimate of drug-likeness (QED) is 0.0932. The number of benzene rings is 1. The Labute approximate surface area is 247 Å². The monoisotopic (exact) mass is 579 g/mol. The molecule has 0 atom stereocenters. The second-order valence-corrected chi connectivity index (χ2v) is 10.2. The summed E-state index contributed by atoms with van der Waals surface area (Å²) in [5, 5.41) is 0. The number of fused-ring (bicyclic) bond motifs is 1. The van der Waals surface area contributed by atoms with Crippen molar-refractivity contribution >= 4 is 11.8 Å². The van der Waals surface area contributed by atoms with Gasteiger partial charge in [-0.15, -0.1) is 0 Å². The maximum Gasteiger partial charge on any atom is 0.261 e. The molecule has 0 spiro atoms. The molecular weight excluding hydrogens is 526 g/mol. The Morgan fingerprint density at radius 2 is 0.805 bits per heavy atom. The molecule has 0 N–H and O–H groups in total. The van der Waals surface area contributed by atoms with Gasteiger partial charge in [-0.25, -0.2) is 0 Å². The molecule has 234 valence electrons. The molecule has 1 aromatic rings. The van der Waals surface area contributed by atoms with Gasteiger partial charge in [-0.2, -0.15) is 0 Å². The zero-order valence-corrected chi connectivity index (χ0v) is 25.3. The van der Waals surface area contributed by atoms with E-state index in [0.29, 0.717) is 77.2 Å². The molecule has 0 unspecified atom stereocenters. The maximum atomic E-state index is 12.3. The number of unbranched alkanes of at least 4 members (excludes halogenated alkanes) is 9. The molecule has 9 nitrogen and oxygen atoms in total. The molecule has 0 aliphatic carbocycles. The summed E-state index contributed by atoms with van der Waals surface area (Å²) < 4.78 is 33.1. The lowest BCUT2D eigenvalue weighted by Gasteiger charge is -2.13. The Kier molecular flexibility index (Phi) is 21.3. The van der Waals surface area contributed by atoms with Crippen LogP contribution < -0.4 is 0 Å². The van der Waals surface area contributed by atoms with Gasteiger partial charge < -0.3 is 28.4 Å². The number of ether oxygens (including phenoxy) is 6. The average molecular weight is 580 g/mol. The molecule has 0 radical (unpaired) electrons. The van der Waals surface area contributed by atoms with Gasteiger partial charge in [0, 0.05) is 6.61 Å². The number of carbonyl (C=O) groups excluding carboxylic acids is 2. The standard InChI is InChI=1S/C32H53NO8/c1-2-3-4-5-6-7-8-9-10-13-17-36-19-21-38-23-25-40-27-28-41-26-24-39-22-20-37-18-16-33-31(34)29-14-11-12-15-30(29)32(33)35/h11-12,14-15H,2-10,13,16-28H2,1H3. The smallest absolute Gasteiger partial charge is 0.261 e. The number of hydrogen-bond donors (Lipinski definition) is 0. The fourth-order valence-corrected chi connectivity index (χ4v) is 4.49. The summed E-state index contributed by atoms with van der Waals surface area (Å²) in [6.45, 7) is 8.68. The zero-order chi connectivity index (χ0) is 29.2. The first-order chi connectivity index (χ1) is 20.3. The number of imide groups is 1. The first kappa shape index (κ1) is 35.3. The minimum Gasteiger partial charge on any atom is -0.379 e. The van der Waals surface area contributed by atoms with E-state index < -0.39 is 0 Å². The van der Waals surface area contributed by atoms with Gasteiger partial charge in [0.15, 0.2) is 0 Å². The van der Waals surface area contributed by atoms with Crippen molar-refractivity contribution in [2.75, 3.05) is 85.8 Å². The summed E-state index contributed by atoms with van der Waals surface area (Å²) in [6, 6.07) is 6.85. The summed E-state index contributed by atoms with van der Waals surface area (Å²) in [4.78, 5) is 25.8. The van der Waals surface area contributed by atoms with Crippen molar-refractivity contribution in [2.24, 2.45) is 0 Å². The van der Waals surface area contributed by atoms with E-state index >= 15 is 0 Å². The molecule has 0 aromatic heterocycles. The number of nitrogens with zero attached hydrogens (tertiary/aromatic N) is 1. The molecular formula is C32H53NO8. The highest BCUT2D eigenvalue weighted by molar-refractivity contribution is 6.21. The zero-order valence-electron chi connectivity index (χ0n) is 25.3. The Morgan fingerprint density at radius 1 is 0.463 bits per heavy atom. The van der Waals surface area contributed by atoms with E-state index in [1.807, 2.05) is 0 Å². The van der Waals surface area contributed by atoms with E-state index in [2.05, 4.69) is 6.92 Å². The molecule has 0 fully saturated rings. The van der Waals surface area contributed by atoms with Crippen LogP contribution in [-0.2, 0) is 28.4 Å². The molecule has 0 saturated heterocycles. The second-order valence-electron chi connectivity index (χ2n) is 10.2. The van der Waals surface area contributed by atoms with Crippen LogP contribution in [0.2, 0.25) is 0 Å². The van der Waals surface area contributed by atoms with Crippen LogP contribution in [0.3, 0.4) is 0 Å². The van der Waals surface area contributed by atoms with Gasteiger partial charge in [0.25, 0.3) is 11.8 Å². The lowest BCUT2D eigenvalue weighted by molar-refractivity contribution is -0.0173. The van der Waals surface area contributed by atoms with Crippen LogP contribution in [0.1, 0.15) is 91.8 Å². The first-order valence-electron chi connectivity index (χ1n) is 15.7. The normalized spacial score (nSPS) is 13.0. The van der Waals surface area contributed by atoms with Crippen LogP contribution in [0, 0.1) is 0 Å². The number of amides is 2. The van der Waals surface area contributed by atoms with E-state index in [1.54, 1.807) is 24.3 Å². The van der Waals surface area contributed by atoms with E-state index in [1.165, 1.54) is 62.7 Å². The average Bonchev–Trinajstić information content (AvgIpc) is 3.23.